The molecule has 2 aliphatic carbocycles. The summed E-state index contributed by atoms with van der Waals surface area (Å²) in [7, 11) is 1.60. The third-order valence-corrected chi connectivity index (χ3v) is 8.29. The van der Waals surface area contributed by atoms with E-state index in [2.05, 4.69) is 10.1 Å². The highest BCUT2D eigenvalue weighted by Crippen LogP contribution is 2.54. The van der Waals surface area contributed by atoms with E-state index in [9.17, 15) is 9.50 Å². The third kappa shape index (κ3) is 4.88. The number of benzene rings is 2. The molecule has 9 heteroatoms. The normalized spacial score (nSPS) is 20.5. The molecule has 2 aromatic carbocycles. The summed E-state index contributed by atoms with van der Waals surface area (Å²) in [4.78, 5) is 4.27. The van der Waals surface area contributed by atoms with Crippen LogP contribution in [0.3, 0.4) is 0 Å². The quantitative estimate of drug-likeness (QED) is 0.234. The van der Waals surface area contributed by atoms with Crippen molar-refractivity contribution in [1.82, 2.24) is 10.1 Å². The Bertz CT molecular complexity index is 1520. The molecule has 0 spiro atoms. The Labute approximate surface area is 235 Å². The number of rotatable bonds is 8. The minimum Gasteiger partial charge on any atom is -0.489 e. The van der Waals surface area contributed by atoms with Gasteiger partial charge in [0.05, 0.1) is 28.3 Å². The van der Waals surface area contributed by atoms with Crippen molar-refractivity contribution in [3.8, 4) is 22.9 Å². The first-order chi connectivity index (χ1) is 18.8. The van der Waals surface area contributed by atoms with E-state index in [1.807, 2.05) is 18.2 Å². The van der Waals surface area contributed by atoms with Gasteiger partial charge in [0.25, 0.3) is 0 Å². The van der Waals surface area contributed by atoms with Crippen LogP contribution in [0.2, 0.25) is 10.0 Å². The summed E-state index contributed by atoms with van der Waals surface area (Å²) in [5.74, 6) is 1.91. The highest BCUT2D eigenvalue weighted by molar-refractivity contribution is 6.33. The second-order valence-corrected chi connectivity index (χ2v) is 11.2. The van der Waals surface area contributed by atoms with Gasteiger partial charge in [-0.1, -0.05) is 40.5 Å². The van der Waals surface area contributed by atoms with Crippen LogP contribution < -0.4 is 9.47 Å². The Kier molecular flexibility index (Phi) is 6.78. The zero-order chi connectivity index (χ0) is 27.3. The molecule has 2 fully saturated rings. The summed E-state index contributed by atoms with van der Waals surface area (Å²) in [6.45, 7) is 1.97. The van der Waals surface area contributed by atoms with Crippen molar-refractivity contribution in [3.63, 3.8) is 0 Å². The molecule has 0 bridgehead atoms. The number of aliphatic hydroxyl groups is 1. The predicted molar refractivity (Wildman–Crippen MR) is 146 cm³/mol. The fourth-order valence-corrected chi connectivity index (χ4v) is 6.21. The zero-order valence-corrected chi connectivity index (χ0v) is 23.0. The van der Waals surface area contributed by atoms with E-state index in [1.165, 1.54) is 12.1 Å². The lowest BCUT2D eigenvalue weighted by Gasteiger charge is -2.44. The molecule has 2 aliphatic rings. The predicted octanol–water partition coefficient (Wildman–Crippen LogP) is 7.72. The second kappa shape index (κ2) is 10.1. The van der Waals surface area contributed by atoms with Gasteiger partial charge in [0.2, 0.25) is 5.88 Å². The lowest BCUT2D eigenvalue weighted by molar-refractivity contribution is -0.0554. The highest BCUT2D eigenvalue weighted by atomic mass is 35.5. The van der Waals surface area contributed by atoms with E-state index in [0.29, 0.717) is 51.9 Å². The maximum absolute atomic E-state index is 13.9. The first-order valence-corrected chi connectivity index (χ1v) is 13.6. The minimum atomic E-state index is -1.04. The number of pyridine rings is 1. The molecule has 6 nitrogen and oxygen atoms in total. The van der Waals surface area contributed by atoms with Gasteiger partial charge in [0.1, 0.15) is 29.6 Å². The summed E-state index contributed by atoms with van der Waals surface area (Å²) in [6.07, 6.45) is 4.75. The molecule has 202 valence electrons. The topological polar surface area (TPSA) is 77.6 Å². The van der Waals surface area contributed by atoms with Gasteiger partial charge in [-0.05, 0) is 74.4 Å². The van der Waals surface area contributed by atoms with Crippen LogP contribution in [0.25, 0.3) is 11.3 Å². The average Bonchev–Trinajstić information content (AvgIpc) is 3.65. The lowest BCUT2D eigenvalue weighted by atomic mass is 9.65. The van der Waals surface area contributed by atoms with E-state index < -0.39 is 11.4 Å². The fraction of sp³-hybridized carbons (Fsp3) is 0.333. The molecule has 39 heavy (non-hydrogen) atoms. The summed E-state index contributed by atoms with van der Waals surface area (Å²) >= 11 is 13.1. The number of methoxy groups -OCH3 is 1. The van der Waals surface area contributed by atoms with Crippen LogP contribution >= 0.6 is 23.2 Å². The second-order valence-electron chi connectivity index (χ2n) is 10.4. The molecule has 0 unspecified atom stereocenters. The summed E-state index contributed by atoms with van der Waals surface area (Å²) in [5, 5.41) is 16.3. The molecule has 6 rings (SSSR count). The van der Waals surface area contributed by atoms with Gasteiger partial charge in [-0.15, -0.1) is 0 Å². The Morgan fingerprint density at radius 1 is 1.10 bits per heavy atom. The number of aromatic nitrogens is 2. The molecule has 0 radical (unpaired) electrons. The van der Waals surface area contributed by atoms with Crippen LogP contribution in [0, 0.1) is 12.7 Å². The average molecular weight is 569 g/mol. The first kappa shape index (κ1) is 26.1. The first-order valence-electron chi connectivity index (χ1n) is 12.9. The van der Waals surface area contributed by atoms with Crippen molar-refractivity contribution in [2.75, 3.05) is 7.11 Å². The molecule has 2 heterocycles. The molecule has 1 N–H and O–H groups in total. The lowest BCUT2D eigenvalue weighted by Crippen LogP contribution is -2.40. The Hall–Kier alpha value is -3.13. The molecule has 2 saturated carbocycles. The molecule has 2 aromatic heterocycles. The molecule has 0 aliphatic heterocycles. The van der Waals surface area contributed by atoms with Gasteiger partial charge in [0, 0.05) is 28.8 Å². The molecule has 0 saturated heterocycles. The number of halogens is 3. The van der Waals surface area contributed by atoms with Gasteiger partial charge >= 0.3 is 0 Å². The maximum atomic E-state index is 13.9. The smallest absolute Gasteiger partial charge is 0.216 e. The molecule has 4 aromatic rings. The standard InChI is InChI=1S/C30H27Cl2FN2O4/c1-16-10-19(33)11-25(32)26(16)27-22(28(39-35-27)17-5-6-17)15-38-20-7-8-23(24(31)12-20)30(36)13-18(14-30)21-4-3-9-34-29(21)37-2/h3-4,7-12,17-18,36H,5-6,13-15H2,1-2H3/t18-,30+. The van der Waals surface area contributed by atoms with E-state index >= 15 is 0 Å². The van der Waals surface area contributed by atoms with Crippen molar-refractivity contribution in [2.24, 2.45) is 0 Å². The van der Waals surface area contributed by atoms with Crippen molar-refractivity contribution in [3.05, 3.63) is 92.5 Å². The Morgan fingerprint density at radius 2 is 1.90 bits per heavy atom. The van der Waals surface area contributed by atoms with Gasteiger partial charge in [-0.3, -0.25) is 0 Å². The van der Waals surface area contributed by atoms with Crippen LogP contribution in [0.4, 0.5) is 4.39 Å². The van der Waals surface area contributed by atoms with E-state index in [1.54, 1.807) is 32.4 Å². The number of nitrogens with zero attached hydrogens (tertiary/aromatic N) is 2. The van der Waals surface area contributed by atoms with E-state index in [4.69, 9.17) is 37.2 Å². The molecule has 0 amide bonds. The van der Waals surface area contributed by atoms with Crippen molar-refractivity contribution in [1.29, 1.82) is 0 Å². The fourth-order valence-electron chi connectivity index (χ4n) is 5.52. The monoisotopic (exact) mass is 568 g/mol. The Balaban J connectivity index is 1.21. The molecular weight excluding hydrogens is 542 g/mol. The van der Waals surface area contributed by atoms with Gasteiger partial charge < -0.3 is 19.1 Å². The Morgan fingerprint density at radius 3 is 2.59 bits per heavy atom. The van der Waals surface area contributed by atoms with Crippen LogP contribution in [0.15, 0.2) is 53.2 Å². The summed E-state index contributed by atoms with van der Waals surface area (Å²) < 4.78 is 31.1. The van der Waals surface area contributed by atoms with Crippen LogP contribution in [-0.2, 0) is 12.2 Å². The van der Waals surface area contributed by atoms with Crippen LogP contribution in [0.5, 0.6) is 11.6 Å². The molecular formula is C30H27Cl2FN2O4. The number of hydrogen-bond donors (Lipinski definition) is 1. The largest absolute Gasteiger partial charge is 0.489 e. The summed E-state index contributed by atoms with van der Waals surface area (Å²) in [6, 6.07) is 11.9. The van der Waals surface area contributed by atoms with E-state index in [-0.39, 0.29) is 23.5 Å². The minimum absolute atomic E-state index is 0.125. The number of ether oxygens (including phenoxy) is 2. The number of hydrogen-bond acceptors (Lipinski definition) is 6. The van der Waals surface area contributed by atoms with Crippen LogP contribution in [0.1, 0.15) is 65.5 Å². The van der Waals surface area contributed by atoms with Gasteiger partial charge in [-0.2, -0.15) is 0 Å². The van der Waals surface area contributed by atoms with Crippen molar-refractivity contribution >= 4 is 23.2 Å². The maximum Gasteiger partial charge on any atom is 0.216 e. The zero-order valence-electron chi connectivity index (χ0n) is 21.5. The SMILES string of the molecule is COc1ncccc1[C@H]1C[C@](O)(c2ccc(OCc3c(-c4c(C)cc(F)cc4Cl)noc3C3CC3)cc2Cl)C1. The van der Waals surface area contributed by atoms with E-state index in [0.717, 1.165) is 29.7 Å². The molecule has 0 atom stereocenters. The number of aryl methyl sites for hydroxylation is 1. The summed E-state index contributed by atoms with van der Waals surface area (Å²) in [5.41, 5.74) is 3.25. The van der Waals surface area contributed by atoms with Gasteiger partial charge in [-0.25, -0.2) is 9.37 Å². The third-order valence-electron chi connectivity index (χ3n) is 7.68. The van der Waals surface area contributed by atoms with Crippen LogP contribution in [-0.4, -0.2) is 22.4 Å². The van der Waals surface area contributed by atoms with Crippen molar-refractivity contribution < 1.29 is 23.5 Å². The highest BCUT2D eigenvalue weighted by Gasteiger charge is 2.46. The van der Waals surface area contributed by atoms with Crippen molar-refractivity contribution in [2.45, 2.75) is 56.7 Å². The van der Waals surface area contributed by atoms with Gasteiger partial charge in [0.15, 0.2) is 0 Å².